The van der Waals surface area contributed by atoms with Crippen molar-refractivity contribution >= 4 is 39.0 Å². The zero-order valence-electron chi connectivity index (χ0n) is 6.87. The fourth-order valence-corrected chi connectivity index (χ4v) is 1.72. The van der Waals surface area contributed by atoms with Gasteiger partial charge in [0.2, 0.25) is 0 Å². The molecule has 14 heavy (non-hydrogen) atoms. The van der Waals surface area contributed by atoms with Crippen LogP contribution in [0.5, 0.6) is 0 Å². The molecule has 0 aliphatic rings. The van der Waals surface area contributed by atoms with Gasteiger partial charge in [-0.05, 0) is 22.0 Å². The maximum absolute atomic E-state index is 11.3. The van der Waals surface area contributed by atoms with E-state index in [-0.39, 0.29) is 17.1 Å². The number of benzene rings is 1. The third kappa shape index (κ3) is 2.10. The highest BCUT2D eigenvalue weighted by atomic mass is 79.9. The highest BCUT2D eigenvalue weighted by molar-refractivity contribution is 9.10. The van der Waals surface area contributed by atoms with E-state index >= 15 is 0 Å². The minimum absolute atomic E-state index is 0.0208. The van der Waals surface area contributed by atoms with E-state index in [2.05, 4.69) is 15.9 Å². The molecule has 0 aromatic heterocycles. The molecular formula is C8H5BrClNO3. The summed E-state index contributed by atoms with van der Waals surface area (Å²) in [5, 5.41) is 10.6. The molecule has 0 radical (unpaired) electrons. The van der Waals surface area contributed by atoms with Crippen LogP contribution in [0, 0.1) is 10.1 Å². The zero-order chi connectivity index (χ0) is 10.7. The molecule has 1 aromatic rings. The summed E-state index contributed by atoms with van der Waals surface area (Å²) in [5.74, 6) is -0.741. The molecule has 0 heterocycles. The maximum atomic E-state index is 11.3. The Bertz CT molecular complexity index is 394. The van der Waals surface area contributed by atoms with E-state index in [0.717, 1.165) is 0 Å². The van der Waals surface area contributed by atoms with Crippen LogP contribution in [-0.2, 0) is 0 Å². The molecule has 0 saturated heterocycles. The van der Waals surface area contributed by atoms with Gasteiger partial charge in [-0.3, -0.25) is 14.9 Å². The Morgan fingerprint density at radius 1 is 1.57 bits per heavy atom. The van der Waals surface area contributed by atoms with Gasteiger partial charge in [0.05, 0.1) is 10.8 Å². The summed E-state index contributed by atoms with van der Waals surface area (Å²) < 4.78 is 0.386. The van der Waals surface area contributed by atoms with Crippen LogP contribution in [0.3, 0.4) is 0 Å². The molecule has 1 rings (SSSR count). The van der Waals surface area contributed by atoms with Crippen LogP contribution in [0.2, 0.25) is 0 Å². The third-order valence-corrected chi connectivity index (χ3v) is 2.49. The standard InChI is InChI=1S/C8H5BrClNO3/c9-5-2-1-3-6(11(13)14)8(5)7(12)4-10/h1-3H,4H2. The zero-order valence-corrected chi connectivity index (χ0v) is 9.21. The van der Waals surface area contributed by atoms with E-state index < -0.39 is 10.7 Å². The van der Waals surface area contributed by atoms with Crippen LogP contribution in [0.1, 0.15) is 10.4 Å². The van der Waals surface area contributed by atoms with Crippen molar-refractivity contribution in [2.75, 3.05) is 5.88 Å². The quantitative estimate of drug-likeness (QED) is 0.370. The van der Waals surface area contributed by atoms with Crippen LogP contribution in [-0.4, -0.2) is 16.6 Å². The number of nitrogens with zero attached hydrogens (tertiary/aromatic N) is 1. The number of nitro benzene ring substituents is 1. The monoisotopic (exact) mass is 277 g/mol. The predicted molar refractivity (Wildman–Crippen MR) is 55.8 cm³/mol. The van der Waals surface area contributed by atoms with Gasteiger partial charge in [-0.15, -0.1) is 11.6 Å². The van der Waals surface area contributed by atoms with Gasteiger partial charge in [-0.2, -0.15) is 0 Å². The first-order valence-corrected chi connectivity index (χ1v) is 4.92. The summed E-state index contributed by atoms with van der Waals surface area (Å²) in [6.07, 6.45) is 0. The first-order chi connectivity index (χ1) is 6.57. The minimum atomic E-state index is -0.607. The van der Waals surface area contributed by atoms with Crippen molar-refractivity contribution in [3.05, 3.63) is 38.3 Å². The lowest BCUT2D eigenvalue weighted by Crippen LogP contribution is -2.05. The van der Waals surface area contributed by atoms with E-state index in [1.54, 1.807) is 6.07 Å². The molecule has 4 nitrogen and oxygen atoms in total. The van der Waals surface area contributed by atoms with Gasteiger partial charge in [0.25, 0.3) is 5.69 Å². The summed E-state index contributed by atoms with van der Waals surface area (Å²) in [6.45, 7) is 0. The van der Waals surface area contributed by atoms with Gasteiger partial charge >= 0.3 is 0 Å². The van der Waals surface area contributed by atoms with E-state index in [1.807, 2.05) is 0 Å². The Balaban J connectivity index is 3.36. The lowest BCUT2D eigenvalue weighted by molar-refractivity contribution is -0.385. The lowest BCUT2D eigenvalue weighted by atomic mass is 10.1. The molecule has 0 atom stereocenters. The number of carbonyl (C=O) groups excluding carboxylic acids is 1. The molecule has 74 valence electrons. The molecule has 0 fully saturated rings. The number of ketones is 1. The summed E-state index contributed by atoms with van der Waals surface area (Å²) in [4.78, 5) is 21.3. The maximum Gasteiger partial charge on any atom is 0.281 e. The second kappa shape index (κ2) is 4.52. The third-order valence-electron chi connectivity index (χ3n) is 1.59. The highest BCUT2D eigenvalue weighted by Gasteiger charge is 2.21. The van der Waals surface area contributed by atoms with Crippen LogP contribution < -0.4 is 0 Å². The van der Waals surface area contributed by atoms with E-state index in [0.29, 0.717) is 4.47 Å². The number of hydrogen-bond donors (Lipinski definition) is 0. The number of Topliss-reactive ketones (excluding diaryl/α,β-unsaturated/α-hetero) is 1. The van der Waals surface area contributed by atoms with E-state index in [1.165, 1.54) is 12.1 Å². The van der Waals surface area contributed by atoms with Crippen LogP contribution in [0.25, 0.3) is 0 Å². The summed E-state index contributed by atoms with van der Waals surface area (Å²) in [5.41, 5.74) is -0.211. The average Bonchev–Trinajstić information content (AvgIpc) is 2.16. The molecule has 0 bridgehead atoms. The van der Waals surface area contributed by atoms with Crippen LogP contribution in [0.15, 0.2) is 22.7 Å². The average molecular weight is 278 g/mol. The predicted octanol–water partition coefficient (Wildman–Crippen LogP) is 2.78. The van der Waals surface area contributed by atoms with Crippen molar-refractivity contribution in [1.82, 2.24) is 0 Å². The number of halogens is 2. The molecule has 0 spiro atoms. The molecular weight excluding hydrogens is 273 g/mol. The second-order valence-electron chi connectivity index (χ2n) is 2.45. The fourth-order valence-electron chi connectivity index (χ4n) is 1.01. The SMILES string of the molecule is O=C(CCl)c1c(Br)cccc1[N+](=O)[O-]. The van der Waals surface area contributed by atoms with Crippen molar-refractivity contribution in [2.24, 2.45) is 0 Å². The number of nitro groups is 1. The van der Waals surface area contributed by atoms with Gasteiger partial charge in [-0.25, -0.2) is 0 Å². The van der Waals surface area contributed by atoms with E-state index in [4.69, 9.17) is 11.6 Å². The largest absolute Gasteiger partial charge is 0.293 e. The number of rotatable bonds is 3. The summed E-state index contributed by atoms with van der Waals surface area (Å²) in [7, 11) is 0. The van der Waals surface area contributed by atoms with Gasteiger partial charge < -0.3 is 0 Å². The van der Waals surface area contributed by atoms with Gasteiger partial charge in [0, 0.05) is 10.5 Å². The highest BCUT2D eigenvalue weighted by Crippen LogP contribution is 2.27. The van der Waals surface area contributed by atoms with Crippen molar-refractivity contribution in [1.29, 1.82) is 0 Å². The molecule has 0 saturated carbocycles. The number of hydrogen-bond acceptors (Lipinski definition) is 3. The molecule has 0 N–H and O–H groups in total. The molecule has 0 aliphatic carbocycles. The first kappa shape index (κ1) is 11.1. The van der Waals surface area contributed by atoms with E-state index in [9.17, 15) is 14.9 Å². The molecule has 6 heteroatoms. The van der Waals surface area contributed by atoms with Gasteiger partial charge in [-0.1, -0.05) is 6.07 Å². The summed E-state index contributed by atoms with van der Waals surface area (Å²) >= 11 is 8.42. The Kier molecular flexibility index (Phi) is 3.60. The Morgan fingerprint density at radius 2 is 2.21 bits per heavy atom. The van der Waals surface area contributed by atoms with Crippen molar-refractivity contribution in [3.63, 3.8) is 0 Å². The first-order valence-electron chi connectivity index (χ1n) is 3.60. The minimum Gasteiger partial charge on any atom is -0.293 e. The molecule has 0 unspecified atom stereocenters. The summed E-state index contributed by atoms with van der Waals surface area (Å²) in [6, 6.07) is 4.32. The second-order valence-corrected chi connectivity index (χ2v) is 3.57. The number of carbonyl (C=O) groups is 1. The van der Waals surface area contributed by atoms with Crippen molar-refractivity contribution in [3.8, 4) is 0 Å². The lowest BCUT2D eigenvalue weighted by Gasteiger charge is -2.01. The number of alkyl halides is 1. The Labute approximate surface area is 93.1 Å². The normalized spacial score (nSPS) is 9.86. The van der Waals surface area contributed by atoms with Crippen molar-refractivity contribution < 1.29 is 9.72 Å². The molecule has 0 amide bonds. The fraction of sp³-hybridized carbons (Fsp3) is 0.125. The van der Waals surface area contributed by atoms with Crippen LogP contribution >= 0.6 is 27.5 Å². The Hall–Kier alpha value is -0.940. The Morgan fingerprint density at radius 3 is 2.71 bits per heavy atom. The van der Waals surface area contributed by atoms with Gasteiger partial charge in [0.15, 0.2) is 5.78 Å². The topological polar surface area (TPSA) is 60.2 Å². The van der Waals surface area contributed by atoms with Gasteiger partial charge in [0.1, 0.15) is 5.56 Å². The molecule has 1 aromatic carbocycles. The molecule has 0 aliphatic heterocycles. The smallest absolute Gasteiger partial charge is 0.281 e. The van der Waals surface area contributed by atoms with Crippen LogP contribution in [0.4, 0.5) is 5.69 Å². The van der Waals surface area contributed by atoms with Crippen molar-refractivity contribution in [2.45, 2.75) is 0 Å².